The predicted octanol–water partition coefficient (Wildman–Crippen LogP) is 3.37. The molecule has 0 aliphatic carbocycles. The van der Waals surface area contributed by atoms with Gasteiger partial charge in [0.2, 0.25) is 5.91 Å². The van der Waals surface area contributed by atoms with Crippen molar-refractivity contribution in [1.29, 1.82) is 0 Å². The number of Topliss-reactive ketones (excluding diaryl/α,β-unsaturated/α-hetero) is 1. The van der Waals surface area contributed by atoms with Crippen LogP contribution in [0.1, 0.15) is 41.3 Å². The van der Waals surface area contributed by atoms with Gasteiger partial charge in [-0.15, -0.1) is 0 Å². The number of carbonyl (C=O) groups excluding carboxylic acids is 4. The van der Waals surface area contributed by atoms with Gasteiger partial charge in [0.25, 0.3) is 0 Å². The van der Waals surface area contributed by atoms with E-state index in [1.54, 1.807) is 0 Å². The summed E-state index contributed by atoms with van der Waals surface area (Å²) in [5.41, 5.74) is 3.05. The Morgan fingerprint density at radius 1 is 0.931 bits per heavy atom. The van der Waals surface area contributed by atoms with E-state index in [2.05, 4.69) is 5.32 Å². The number of hydrogen-bond acceptors (Lipinski definition) is 6. The summed E-state index contributed by atoms with van der Waals surface area (Å²) >= 11 is 0. The van der Waals surface area contributed by atoms with E-state index >= 15 is 0 Å². The van der Waals surface area contributed by atoms with Crippen molar-refractivity contribution in [2.75, 3.05) is 11.9 Å². The summed E-state index contributed by atoms with van der Waals surface area (Å²) in [6.07, 6.45) is -0.174. The van der Waals surface area contributed by atoms with Gasteiger partial charge in [0.15, 0.2) is 12.4 Å². The number of esters is 2. The molecule has 0 unspecified atom stereocenters. The molecule has 0 aromatic heterocycles. The summed E-state index contributed by atoms with van der Waals surface area (Å²) in [5, 5.41) is 2.75. The summed E-state index contributed by atoms with van der Waals surface area (Å²) in [5.74, 6) is -1.47. The zero-order valence-electron chi connectivity index (χ0n) is 16.6. The van der Waals surface area contributed by atoms with Crippen molar-refractivity contribution >= 4 is 29.3 Å². The summed E-state index contributed by atoms with van der Waals surface area (Å²) in [7, 11) is 0. The lowest BCUT2D eigenvalue weighted by Gasteiger charge is -2.09. The maximum Gasteiger partial charge on any atom is 0.308 e. The lowest BCUT2D eigenvalue weighted by atomic mass is 10.1. The number of carbonyl (C=O) groups is 4. The second-order valence-electron chi connectivity index (χ2n) is 6.57. The highest BCUT2D eigenvalue weighted by atomic mass is 16.5. The van der Waals surface area contributed by atoms with E-state index in [-0.39, 0.29) is 18.7 Å². The molecule has 0 bridgehead atoms. The van der Waals surface area contributed by atoms with Gasteiger partial charge in [-0.05, 0) is 49.7 Å². The molecule has 1 amide bonds. The molecule has 2 aromatic carbocycles. The van der Waals surface area contributed by atoms with Crippen LogP contribution >= 0.6 is 0 Å². The number of nitrogens with one attached hydrogen (secondary N) is 1. The summed E-state index contributed by atoms with van der Waals surface area (Å²) in [6.45, 7) is 4.70. The molecule has 7 heteroatoms. The molecule has 0 aliphatic heterocycles. The van der Waals surface area contributed by atoms with E-state index in [1.807, 2.05) is 32.0 Å². The number of hydrogen-bond donors (Lipinski definition) is 1. The maximum absolute atomic E-state index is 12.1. The first kappa shape index (κ1) is 21.8. The molecule has 29 heavy (non-hydrogen) atoms. The Bertz CT molecular complexity index is 917. The van der Waals surface area contributed by atoms with Crippen molar-refractivity contribution in [3.05, 3.63) is 59.2 Å². The molecule has 0 saturated carbocycles. The zero-order valence-corrected chi connectivity index (χ0v) is 16.6. The first-order valence-corrected chi connectivity index (χ1v) is 9.09. The Hall–Kier alpha value is -3.48. The Labute approximate surface area is 169 Å². The van der Waals surface area contributed by atoms with E-state index in [1.165, 1.54) is 31.2 Å². The summed E-state index contributed by atoms with van der Waals surface area (Å²) < 4.78 is 9.82. The van der Waals surface area contributed by atoms with Gasteiger partial charge in [0.05, 0.1) is 6.42 Å². The smallest absolute Gasteiger partial charge is 0.308 e. The standard InChI is InChI=1S/C22H23NO6/c1-14-4-9-19(15(2)12-14)23-21(26)10-11-22(27)28-13-20(25)17-5-7-18(8-6-17)29-16(3)24/h4-9,12H,10-11,13H2,1-3H3,(H,23,26). The summed E-state index contributed by atoms with van der Waals surface area (Å²) in [4.78, 5) is 46.7. The fourth-order valence-electron chi connectivity index (χ4n) is 2.56. The number of aryl methyl sites for hydroxylation is 2. The largest absolute Gasteiger partial charge is 0.457 e. The monoisotopic (exact) mass is 397 g/mol. The van der Waals surface area contributed by atoms with Crippen LogP contribution in [0.2, 0.25) is 0 Å². The predicted molar refractivity (Wildman–Crippen MR) is 107 cm³/mol. The third-order valence-electron chi connectivity index (χ3n) is 4.01. The van der Waals surface area contributed by atoms with Gasteiger partial charge in [-0.25, -0.2) is 0 Å². The van der Waals surface area contributed by atoms with Crippen LogP contribution in [-0.2, 0) is 19.1 Å². The van der Waals surface area contributed by atoms with Gasteiger partial charge < -0.3 is 14.8 Å². The highest BCUT2D eigenvalue weighted by molar-refractivity contribution is 5.98. The molecular formula is C22H23NO6. The highest BCUT2D eigenvalue weighted by Crippen LogP contribution is 2.16. The molecule has 2 aromatic rings. The van der Waals surface area contributed by atoms with Gasteiger partial charge in [0.1, 0.15) is 5.75 Å². The van der Waals surface area contributed by atoms with Crippen LogP contribution in [0.5, 0.6) is 5.75 Å². The van der Waals surface area contributed by atoms with Gasteiger partial charge in [-0.1, -0.05) is 17.7 Å². The lowest BCUT2D eigenvalue weighted by molar-refractivity contribution is -0.143. The molecular weight excluding hydrogens is 374 g/mol. The maximum atomic E-state index is 12.1. The molecule has 0 atom stereocenters. The van der Waals surface area contributed by atoms with Crippen molar-refractivity contribution in [2.45, 2.75) is 33.6 Å². The van der Waals surface area contributed by atoms with Crippen LogP contribution in [0.4, 0.5) is 5.69 Å². The quantitative estimate of drug-likeness (QED) is 0.417. The molecule has 0 aliphatic rings. The Morgan fingerprint density at radius 2 is 1.62 bits per heavy atom. The van der Waals surface area contributed by atoms with Crippen molar-refractivity contribution in [3.63, 3.8) is 0 Å². The fraction of sp³-hybridized carbons (Fsp3) is 0.273. The average Bonchev–Trinajstić information content (AvgIpc) is 2.67. The van der Waals surface area contributed by atoms with E-state index in [0.29, 0.717) is 17.0 Å². The summed E-state index contributed by atoms with van der Waals surface area (Å²) in [6, 6.07) is 11.6. The molecule has 0 fully saturated rings. The second-order valence-corrected chi connectivity index (χ2v) is 6.57. The highest BCUT2D eigenvalue weighted by Gasteiger charge is 2.13. The van der Waals surface area contributed by atoms with Gasteiger partial charge in [-0.2, -0.15) is 0 Å². The molecule has 0 radical (unpaired) electrons. The van der Waals surface area contributed by atoms with Crippen molar-refractivity contribution in [3.8, 4) is 5.75 Å². The number of anilines is 1. The number of amides is 1. The van der Waals surface area contributed by atoms with Crippen LogP contribution in [-0.4, -0.2) is 30.2 Å². The van der Waals surface area contributed by atoms with Crippen LogP contribution in [0.15, 0.2) is 42.5 Å². The van der Waals surface area contributed by atoms with Crippen LogP contribution < -0.4 is 10.1 Å². The normalized spacial score (nSPS) is 10.2. The minimum atomic E-state index is -0.634. The number of benzene rings is 2. The van der Waals surface area contributed by atoms with Gasteiger partial charge in [0, 0.05) is 24.6 Å². The third kappa shape index (κ3) is 7.21. The van der Waals surface area contributed by atoms with Gasteiger partial charge >= 0.3 is 11.9 Å². The molecule has 1 N–H and O–H groups in total. The van der Waals surface area contributed by atoms with Crippen molar-refractivity contribution < 1.29 is 28.7 Å². The first-order valence-electron chi connectivity index (χ1n) is 9.09. The zero-order chi connectivity index (χ0) is 21.4. The molecule has 7 nitrogen and oxygen atoms in total. The molecule has 0 heterocycles. The lowest BCUT2D eigenvalue weighted by Crippen LogP contribution is -2.17. The Morgan fingerprint density at radius 3 is 2.24 bits per heavy atom. The van der Waals surface area contributed by atoms with Crippen LogP contribution in [0.25, 0.3) is 0 Å². The average molecular weight is 397 g/mol. The Balaban J connectivity index is 1.75. The van der Waals surface area contributed by atoms with E-state index in [9.17, 15) is 19.2 Å². The number of rotatable bonds is 8. The minimum Gasteiger partial charge on any atom is -0.457 e. The van der Waals surface area contributed by atoms with E-state index in [4.69, 9.17) is 9.47 Å². The van der Waals surface area contributed by atoms with Crippen LogP contribution in [0.3, 0.4) is 0 Å². The van der Waals surface area contributed by atoms with Crippen LogP contribution in [0, 0.1) is 13.8 Å². The van der Waals surface area contributed by atoms with E-state index < -0.39 is 24.3 Å². The first-order chi connectivity index (χ1) is 13.7. The molecule has 0 spiro atoms. The molecule has 0 saturated heterocycles. The number of ketones is 1. The molecule has 2 rings (SSSR count). The minimum absolute atomic E-state index is 0.0442. The third-order valence-corrected chi connectivity index (χ3v) is 4.01. The second kappa shape index (κ2) is 10.2. The topological polar surface area (TPSA) is 98.8 Å². The van der Waals surface area contributed by atoms with E-state index in [0.717, 1.165) is 11.1 Å². The van der Waals surface area contributed by atoms with Crippen molar-refractivity contribution in [2.24, 2.45) is 0 Å². The fourth-order valence-corrected chi connectivity index (χ4v) is 2.56. The van der Waals surface area contributed by atoms with Gasteiger partial charge in [-0.3, -0.25) is 19.2 Å². The van der Waals surface area contributed by atoms with Crippen molar-refractivity contribution in [1.82, 2.24) is 0 Å². The SMILES string of the molecule is CC(=O)Oc1ccc(C(=O)COC(=O)CCC(=O)Nc2ccc(C)cc2C)cc1. The Kier molecular flexibility index (Phi) is 7.65. The molecule has 152 valence electrons. The number of ether oxygens (including phenoxy) is 2.